The molecule has 0 N–H and O–H groups in total. The number of hydrogen-bond acceptors (Lipinski definition) is 3. The van der Waals surface area contributed by atoms with Crippen LogP contribution in [0.4, 0.5) is 0 Å². The number of carbonyl (C=O) groups is 1. The molecule has 0 fully saturated rings. The fourth-order valence-corrected chi connectivity index (χ4v) is 11.6. The lowest BCUT2D eigenvalue weighted by atomic mass is 9.74. The molecule has 41 heavy (non-hydrogen) atoms. The fraction of sp³-hybridized carbons (Fsp3) is 0.432. The molecule has 3 nitrogen and oxygen atoms in total. The molecule has 1 aliphatic rings. The van der Waals surface area contributed by atoms with Crippen molar-refractivity contribution in [1.29, 1.82) is 0 Å². The van der Waals surface area contributed by atoms with Crippen LogP contribution >= 0.6 is 0 Å². The van der Waals surface area contributed by atoms with Gasteiger partial charge in [0.15, 0.2) is 8.07 Å². The number of allylic oxidation sites excluding steroid dienone is 1. The van der Waals surface area contributed by atoms with E-state index in [1.807, 2.05) is 6.08 Å². The normalized spacial score (nSPS) is 18.1. The number of ether oxygens (including phenoxy) is 2. The first-order valence-corrected chi connectivity index (χ1v) is 17.3. The maximum absolute atomic E-state index is 13.8. The Bertz CT molecular complexity index is 1190. The van der Waals surface area contributed by atoms with E-state index < -0.39 is 8.07 Å². The van der Waals surface area contributed by atoms with E-state index in [9.17, 15) is 4.79 Å². The number of carbonyl (C=O) groups excluding carboxylic acids is 1. The van der Waals surface area contributed by atoms with Gasteiger partial charge in [-0.05, 0) is 56.8 Å². The van der Waals surface area contributed by atoms with Crippen molar-refractivity contribution in [2.75, 3.05) is 0 Å². The van der Waals surface area contributed by atoms with Gasteiger partial charge in [-0.15, -0.1) is 0 Å². The van der Waals surface area contributed by atoms with Crippen LogP contribution in [0.15, 0.2) is 103 Å². The van der Waals surface area contributed by atoms with Crippen molar-refractivity contribution in [2.45, 2.75) is 80.1 Å². The van der Waals surface area contributed by atoms with Gasteiger partial charge in [0.1, 0.15) is 6.10 Å². The second-order valence-corrected chi connectivity index (χ2v) is 18.1. The summed E-state index contributed by atoms with van der Waals surface area (Å²) in [6, 6.07) is 33.6. The van der Waals surface area contributed by atoms with E-state index in [1.54, 1.807) is 0 Å². The van der Waals surface area contributed by atoms with Crippen LogP contribution in [-0.4, -0.2) is 26.3 Å². The third-order valence-corrected chi connectivity index (χ3v) is 13.4. The van der Waals surface area contributed by atoms with Crippen molar-refractivity contribution in [3.8, 4) is 0 Å². The summed E-state index contributed by atoms with van der Waals surface area (Å²) in [6.07, 6.45) is 2.53. The van der Waals surface area contributed by atoms with E-state index in [0.29, 0.717) is 11.7 Å². The Balaban J connectivity index is 1.77. The monoisotopic (exact) mass is 568 g/mol. The van der Waals surface area contributed by atoms with Crippen molar-refractivity contribution < 1.29 is 14.3 Å². The molecule has 1 heterocycles. The summed E-state index contributed by atoms with van der Waals surface area (Å²) in [7, 11) is -2.54. The molecule has 3 aromatic rings. The zero-order valence-electron chi connectivity index (χ0n) is 26.2. The molecule has 0 unspecified atom stereocenters. The van der Waals surface area contributed by atoms with E-state index in [2.05, 4.69) is 146 Å². The van der Waals surface area contributed by atoms with Crippen LogP contribution in [0, 0.1) is 22.7 Å². The standard InChI is InChI=1S/C37H48O3Si/c1-27(2)28-24-29(39-33(25-28)34(38)40-35(36(3,4)5)37(6,7)8)26-41(30-18-12-9-13-19-30,31-20-14-10-15-21-31)32-22-16-11-17-23-32/h9-23,25,27-29,35H,24,26H2,1-8H3/t28-,29-/m0/s1. The lowest BCUT2D eigenvalue weighted by molar-refractivity contribution is -0.164. The third-order valence-electron chi connectivity index (χ3n) is 8.38. The van der Waals surface area contributed by atoms with Crippen LogP contribution in [0.2, 0.25) is 6.04 Å². The molecule has 0 radical (unpaired) electrons. The van der Waals surface area contributed by atoms with Gasteiger partial charge in [-0.25, -0.2) is 4.79 Å². The minimum Gasteiger partial charge on any atom is -0.484 e. The molecule has 0 aromatic heterocycles. The predicted octanol–water partition coefficient (Wildman–Crippen LogP) is 7.11. The SMILES string of the molecule is CC(C)[C@@H]1C=C(C(=O)OC(C(C)(C)C)C(C)(C)C)O[C@H](C[Si](c2ccccc2)(c2ccccc2)c2ccccc2)C1. The highest BCUT2D eigenvalue weighted by Gasteiger charge is 2.45. The van der Waals surface area contributed by atoms with Gasteiger partial charge < -0.3 is 9.47 Å². The summed E-state index contributed by atoms with van der Waals surface area (Å²) in [5, 5.41) is 4.05. The van der Waals surface area contributed by atoms with Crippen molar-refractivity contribution in [3.05, 3.63) is 103 Å². The first-order valence-electron chi connectivity index (χ1n) is 15.1. The fourth-order valence-electron chi connectivity index (χ4n) is 6.72. The molecule has 2 atom stereocenters. The number of hydrogen-bond donors (Lipinski definition) is 0. The van der Waals surface area contributed by atoms with Crippen LogP contribution in [0.3, 0.4) is 0 Å². The Morgan fingerprint density at radius 1 is 0.780 bits per heavy atom. The second kappa shape index (κ2) is 12.4. The highest BCUT2D eigenvalue weighted by molar-refractivity contribution is 7.11. The number of esters is 1. The van der Waals surface area contributed by atoms with Crippen LogP contribution in [-0.2, 0) is 14.3 Å². The number of benzene rings is 3. The molecule has 0 saturated carbocycles. The van der Waals surface area contributed by atoms with Crippen LogP contribution in [0.1, 0.15) is 61.8 Å². The first-order chi connectivity index (χ1) is 19.3. The Labute approximate surface area is 249 Å². The van der Waals surface area contributed by atoms with Gasteiger partial charge in [-0.1, -0.05) is 146 Å². The zero-order chi connectivity index (χ0) is 29.8. The average molecular weight is 569 g/mol. The Kier molecular flexibility index (Phi) is 9.33. The Hall–Kier alpha value is -3.11. The summed E-state index contributed by atoms with van der Waals surface area (Å²) >= 11 is 0. The molecule has 0 saturated heterocycles. The van der Waals surface area contributed by atoms with E-state index in [1.165, 1.54) is 15.6 Å². The molecule has 4 heteroatoms. The van der Waals surface area contributed by atoms with Gasteiger partial charge in [0.05, 0.1) is 6.10 Å². The summed E-state index contributed by atoms with van der Waals surface area (Å²) < 4.78 is 13.0. The smallest absolute Gasteiger partial charge is 0.373 e. The lowest BCUT2D eigenvalue weighted by Crippen LogP contribution is -2.68. The maximum atomic E-state index is 13.8. The molecule has 0 aliphatic carbocycles. The summed E-state index contributed by atoms with van der Waals surface area (Å²) in [5.41, 5.74) is -0.397. The topological polar surface area (TPSA) is 35.5 Å². The van der Waals surface area contributed by atoms with Gasteiger partial charge in [0, 0.05) is 0 Å². The quantitative estimate of drug-likeness (QED) is 0.165. The van der Waals surface area contributed by atoms with Crippen LogP contribution < -0.4 is 15.6 Å². The van der Waals surface area contributed by atoms with E-state index in [-0.39, 0.29) is 34.9 Å². The summed E-state index contributed by atoms with van der Waals surface area (Å²) in [5.74, 6) is 0.636. The van der Waals surface area contributed by atoms with Gasteiger partial charge >= 0.3 is 5.97 Å². The zero-order valence-corrected chi connectivity index (χ0v) is 27.2. The lowest BCUT2D eigenvalue weighted by Gasteiger charge is -2.41. The molecular weight excluding hydrogens is 520 g/mol. The third kappa shape index (κ3) is 7.03. The van der Waals surface area contributed by atoms with Crippen LogP contribution in [0.5, 0.6) is 0 Å². The largest absolute Gasteiger partial charge is 0.484 e. The Morgan fingerprint density at radius 2 is 1.20 bits per heavy atom. The molecular formula is C37H48O3Si. The summed E-state index contributed by atoms with van der Waals surface area (Å²) in [4.78, 5) is 13.8. The molecule has 4 rings (SSSR count). The summed E-state index contributed by atoms with van der Waals surface area (Å²) in [6.45, 7) is 17.2. The minimum atomic E-state index is -2.54. The number of rotatable bonds is 8. The minimum absolute atomic E-state index is 0.120. The molecule has 3 aromatic carbocycles. The van der Waals surface area contributed by atoms with Crippen molar-refractivity contribution in [2.24, 2.45) is 22.7 Å². The second-order valence-electron chi connectivity index (χ2n) is 14.1. The van der Waals surface area contributed by atoms with Gasteiger partial charge in [0.25, 0.3) is 0 Å². The molecule has 0 bridgehead atoms. The first kappa shape index (κ1) is 30.8. The van der Waals surface area contributed by atoms with Gasteiger partial charge in [-0.3, -0.25) is 0 Å². The van der Waals surface area contributed by atoms with Crippen molar-refractivity contribution in [3.63, 3.8) is 0 Å². The van der Waals surface area contributed by atoms with Crippen LogP contribution in [0.25, 0.3) is 0 Å². The highest BCUT2D eigenvalue weighted by atomic mass is 28.3. The molecule has 1 aliphatic heterocycles. The molecule has 0 amide bonds. The van der Waals surface area contributed by atoms with E-state index in [0.717, 1.165) is 12.5 Å². The predicted molar refractivity (Wildman–Crippen MR) is 173 cm³/mol. The van der Waals surface area contributed by atoms with Gasteiger partial charge in [-0.2, -0.15) is 0 Å². The Morgan fingerprint density at radius 3 is 1.56 bits per heavy atom. The average Bonchev–Trinajstić information content (AvgIpc) is 2.94. The van der Waals surface area contributed by atoms with Gasteiger partial charge in [0.2, 0.25) is 5.76 Å². The molecule has 218 valence electrons. The van der Waals surface area contributed by atoms with E-state index >= 15 is 0 Å². The van der Waals surface area contributed by atoms with Crippen molar-refractivity contribution in [1.82, 2.24) is 0 Å². The van der Waals surface area contributed by atoms with Crippen molar-refractivity contribution >= 4 is 29.6 Å². The maximum Gasteiger partial charge on any atom is 0.373 e. The highest BCUT2D eigenvalue weighted by Crippen LogP contribution is 2.38. The van der Waals surface area contributed by atoms with E-state index in [4.69, 9.17) is 9.47 Å². The molecule has 0 spiro atoms.